The van der Waals surface area contributed by atoms with Crippen molar-refractivity contribution in [1.29, 1.82) is 0 Å². The quantitative estimate of drug-likeness (QED) is 0.684. The number of aromatic nitrogens is 2. The number of carbonyl (C=O) groups is 1. The van der Waals surface area contributed by atoms with Crippen LogP contribution in [0.2, 0.25) is 0 Å². The summed E-state index contributed by atoms with van der Waals surface area (Å²) in [6.07, 6.45) is 5.57. The minimum atomic E-state index is -0.556. The highest BCUT2D eigenvalue weighted by Crippen LogP contribution is 2.35. The molecule has 0 aliphatic heterocycles. The van der Waals surface area contributed by atoms with Gasteiger partial charge in [-0.1, -0.05) is 37.5 Å². The highest BCUT2D eigenvalue weighted by molar-refractivity contribution is 6.03. The molecule has 1 amide bonds. The molecular weight excluding hydrogens is 352 g/mol. The van der Waals surface area contributed by atoms with Crippen molar-refractivity contribution in [3.63, 3.8) is 0 Å². The Labute approximate surface area is 164 Å². The molecule has 6 nitrogen and oxygen atoms in total. The zero-order valence-electron chi connectivity index (χ0n) is 15.7. The number of benzene rings is 2. The van der Waals surface area contributed by atoms with Crippen molar-refractivity contribution in [2.75, 3.05) is 5.73 Å². The third kappa shape index (κ3) is 3.58. The minimum absolute atomic E-state index is 0.223. The van der Waals surface area contributed by atoms with E-state index in [1.165, 1.54) is 6.42 Å². The van der Waals surface area contributed by atoms with E-state index in [1.54, 1.807) is 4.68 Å². The maximum atomic E-state index is 12.1. The van der Waals surface area contributed by atoms with Crippen LogP contribution in [0.15, 0.2) is 54.6 Å². The van der Waals surface area contributed by atoms with E-state index in [4.69, 9.17) is 16.2 Å². The number of ether oxygens (including phenoxy) is 1. The number of para-hydroxylation sites is 1. The fourth-order valence-corrected chi connectivity index (χ4v) is 3.80. The van der Waals surface area contributed by atoms with Crippen molar-refractivity contribution in [2.45, 2.75) is 38.1 Å². The number of anilines is 1. The van der Waals surface area contributed by atoms with E-state index in [0.29, 0.717) is 22.8 Å². The van der Waals surface area contributed by atoms with Crippen molar-refractivity contribution < 1.29 is 9.53 Å². The van der Waals surface area contributed by atoms with Crippen LogP contribution in [0.25, 0.3) is 11.3 Å². The van der Waals surface area contributed by atoms with Crippen LogP contribution in [0.5, 0.6) is 11.5 Å². The molecule has 1 aliphatic carbocycles. The number of nitrogens with zero attached hydrogens (tertiary/aromatic N) is 2. The van der Waals surface area contributed by atoms with Gasteiger partial charge in [0.15, 0.2) is 0 Å². The molecule has 1 fully saturated rings. The van der Waals surface area contributed by atoms with E-state index in [1.807, 2.05) is 54.6 Å². The molecule has 1 heterocycles. The van der Waals surface area contributed by atoms with Gasteiger partial charge in [-0.05, 0) is 49.2 Å². The molecule has 0 atom stereocenters. The van der Waals surface area contributed by atoms with Gasteiger partial charge in [-0.2, -0.15) is 5.10 Å². The van der Waals surface area contributed by atoms with Crippen LogP contribution in [0.1, 0.15) is 48.5 Å². The predicted molar refractivity (Wildman–Crippen MR) is 109 cm³/mol. The molecule has 0 bridgehead atoms. The number of hydrogen-bond donors (Lipinski definition) is 2. The first-order valence-corrected chi connectivity index (χ1v) is 9.64. The molecule has 0 radical (unpaired) electrons. The Balaban J connectivity index is 1.65. The largest absolute Gasteiger partial charge is 0.457 e. The van der Waals surface area contributed by atoms with Gasteiger partial charge in [0.25, 0.3) is 5.91 Å². The van der Waals surface area contributed by atoms with Gasteiger partial charge >= 0.3 is 0 Å². The number of primary amides is 1. The molecule has 28 heavy (non-hydrogen) atoms. The van der Waals surface area contributed by atoms with Gasteiger partial charge < -0.3 is 16.2 Å². The minimum Gasteiger partial charge on any atom is -0.457 e. The molecule has 0 saturated heterocycles. The van der Waals surface area contributed by atoms with Crippen molar-refractivity contribution in [3.05, 3.63) is 60.2 Å². The van der Waals surface area contributed by atoms with Crippen molar-refractivity contribution in [2.24, 2.45) is 5.73 Å². The van der Waals surface area contributed by atoms with Gasteiger partial charge in [0, 0.05) is 5.56 Å². The number of nitrogen functional groups attached to an aromatic ring is 1. The molecule has 0 unspecified atom stereocenters. The van der Waals surface area contributed by atoms with Crippen LogP contribution >= 0.6 is 0 Å². The summed E-state index contributed by atoms with van der Waals surface area (Å²) in [7, 11) is 0. The van der Waals surface area contributed by atoms with E-state index in [2.05, 4.69) is 5.10 Å². The van der Waals surface area contributed by atoms with Crippen LogP contribution < -0.4 is 16.2 Å². The highest BCUT2D eigenvalue weighted by Gasteiger charge is 2.26. The number of carbonyl (C=O) groups excluding carboxylic acids is 1. The van der Waals surface area contributed by atoms with E-state index >= 15 is 0 Å². The molecule has 6 heteroatoms. The molecule has 0 spiro atoms. The third-order valence-corrected chi connectivity index (χ3v) is 5.22. The topological polar surface area (TPSA) is 96.2 Å². The molecule has 4 N–H and O–H groups in total. The number of nitrogens with two attached hydrogens (primary N) is 2. The Kier molecular flexibility index (Phi) is 5.02. The van der Waals surface area contributed by atoms with Crippen molar-refractivity contribution >= 4 is 11.7 Å². The normalized spacial score (nSPS) is 14.7. The second-order valence-electron chi connectivity index (χ2n) is 7.15. The molecule has 144 valence electrons. The average molecular weight is 376 g/mol. The van der Waals surface area contributed by atoms with Gasteiger partial charge in [0.1, 0.15) is 28.6 Å². The summed E-state index contributed by atoms with van der Waals surface area (Å²) in [6.45, 7) is 0. The lowest BCUT2D eigenvalue weighted by atomic mass is 9.95. The summed E-state index contributed by atoms with van der Waals surface area (Å²) in [5.41, 5.74) is 13.5. The van der Waals surface area contributed by atoms with Crippen LogP contribution in [0, 0.1) is 0 Å². The number of rotatable bonds is 5. The molecule has 1 saturated carbocycles. The van der Waals surface area contributed by atoms with E-state index in [0.717, 1.165) is 37.0 Å². The van der Waals surface area contributed by atoms with E-state index in [9.17, 15) is 4.79 Å². The lowest BCUT2D eigenvalue weighted by molar-refractivity contribution is 0.100. The van der Waals surface area contributed by atoms with Crippen LogP contribution in [-0.4, -0.2) is 15.7 Å². The Hall–Kier alpha value is -3.28. The standard InChI is InChI=1S/C22H24N4O2/c23-21-19(22(24)27)20(25-26(21)16-7-3-1-4-8-16)15-11-13-18(14-12-15)28-17-9-5-2-6-10-17/h2,5-6,9-14,16H,1,3-4,7-8,23H2,(H2,24,27). The summed E-state index contributed by atoms with van der Waals surface area (Å²) in [4.78, 5) is 12.1. The van der Waals surface area contributed by atoms with Gasteiger partial charge in [-0.25, -0.2) is 4.68 Å². The molecule has 2 aromatic carbocycles. The fourth-order valence-electron chi connectivity index (χ4n) is 3.80. The Morgan fingerprint density at radius 1 is 0.964 bits per heavy atom. The smallest absolute Gasteiger partial charge is 0.254 e. The Bertz CT molecular complexity index is 958. The first kappa shape index (κ1) is 18.1. The number of amides is 1. The maximum Gasteiger partial charge on any atom is 0.254 e. The average Bonchev–Trinajstić information content (AvgIpc) is 3.07. The first-order chi connectivity index (χ1) is 13.6. The van der Waals surface area contributed by atoms with Crippen LogP contribution in [0.4, 0.5) is 5.82 Å². The molecule has 1 aliphatic rings. The van der Waals surface area contributed by atoms with Gasteiger partial charge in [-0.15, -0.1) is 0 Å². The lowest BCUT2D eigenvalue weighted by Crippen LogP contribution is -2.18. The van der Waals surface area contributed by atoms with Crippen molar-refractivity contribution in [3.8, 4) is 22.8 Å². The second-order valence-corrected chi connectivity index (χ2v) is 7.15. The zero-order chi connectivity index (χ0) is 19.5. The lowest BCUT2D eigenvalue weighted by Gasteiger charge is -2.22. The van der Waals surface area contributed by atoms with Gasteiger partial charge in [0.2, 0.25) is 0 Å². The molecule has 4 rings (SSSR count). The zero-order valence-corrected chi connectivity index (χ0v) is 15.7. The summed E-state index contributed by atoms with van der Waals surface area (Å²) in [5.74, 6) is 1.27. The predicted octanol–water partition coefficient (Wildman–Crippen LogP) is 4.53. The molecular formula is C22H24N4O2. The Morgan fingerprint density at radius 3 is 2.25 bits per heavy atom. The first-order valence-electron chi connectivity index (χ1n) is 9.64. The summed E-state index contributed by atoms with van der Waals surface area (Å²) in [6, 6.07) is 17.2. The SMILES string of the molecule is NC(=O)c1c(-c2ccc(Oc3ccccc3)cc2)nn(C2CCCCC2)c1N. The second kappa shape index (κ2) is 7.76. The monoisotopic (exact) mass is 376 g/mol. The van der Waals surface area contributed by atoms with E-state index < -0.39 is 5.91 Å². The maximum absolute atomic E-state index is 12.1. The van der Waals surface area contributed by atoms with Crippen molar-refractivity contribution in [1.82, 2.24) is 9.78 Å². The molecule has 3 aromatic rings. The number of hydrogen-bond acceptors (Lipinski definition) is 4. The summed E-state index contributed by atoms with van der Waals surface area (Å²) < 4.78 is 7.62. The summed E-state index contributed by atoms with van der Waals surface area (Å²) in [5, 5.41) is 4.69. The fraction of sp³-hybridized carbons (Fsp3) is 0.273. The van der Waals surface area contributed by atoms with Crippen LogP contribution in [-0.2, 0) is 0 Å². The Morgan fingerprint density at radius 2 is 1.61 bits per heavy atom. The van der Waals surface area contributed by atoms with Gasteiger partial charge in [0.05, 0.1) is 6.04 Å². The third-order valence-electron chi connectivity index (χ3n) is 5.22. The summed E-state index contributed by atoms with van der Waals surface area (Å²) >= 11 is 0. The van der Waals surface area contributed by atoms with E-state index in [-0.39, 0.29) is 6.04 Å². The molecule has 1 aromatic heterocycles. The highest BCUT2D eigenvalue weighted by atomic mass is 16.5. The van der Waals surface area contributed by atoms with Crippen LogP contribution in [0.3, 0.4) is 0 Å². The van der Waals surface area contributed by atoms with Gasteiger partial charge in [-0.3, -0.25) is 4.79 Å².